The second kappa shape index (κ2) is 2.57. The van der Waals surface area contributed by atoms with E-state index in [1.807, 2.05) is 13.8 Å². The molecule has 2 heterocycles. The maximum Gasteiger partial charge on any atom is 0.269 e. The van der Waals surface area contributed by atoms with Gasteiger partial charge in [-0.3, -0.25) is 9.79 Å². The first-order chi connectivity index (χ1) is 6.49. The average Bonchev–Trinajstić information content (AvgIpc) is 2.47. The predicted octanol–water partition coefficient (Wildman–Crippen LogP) is -0.154. The molecule has 1 aliphatic rings. The van der Waals surface area contributed by atoms with Crippen molar-refractivity contribution in [3.8, 4) is 0 Å². The van der Waals surface area contributed by atoms with Crippen molar-refractivity contribution in [3.63, 3.8) is 0 Å². The highest BCUT2D eigenvalue weighted by atomic mass is 16.1. The van der Waals surface area contributed by atoms with Crippen LogP contribution in [0.5, 0.6) is 0 Å². The molecule has 0 unspecified atom stereocenters. The molecule has 1 aliphatic heterocycles. The number of nitrogens with two attached hydrogens (primary N) is 1. The number of H-pyrrole nitrogens is 1. The van der Waals surface area contributed by atoms with Gasteiger partial charge in [0, 0.05) is 0 Å². The second-order valence-electron chi connectivity index (χ2n) is 3.63. The van der Waals surface area contributed by atoms with Crippen LogP contribution in [0.3, 0.4) is 0 Å². The molecule has 0 radical (unpaired) electrons. The van der Waals surface area contributed by atoms with Gasteiger partial charge in [-0.15, -0.1) is 0 Å². The molecule has 14 heavy (non-hydrogen) atoms. The number of imidazole rings is 1. The van der Waals surface area contributed by atoms with Gasteiger partial charge in [0.15, 0.2) is 11.5 Å². The fourth-order valence-electron chi connectivity index (χ4n) is 1.40. The Bertz CT molecular complexity index is 417. The summed E-state index contributed by atoms with van der Waals surface area (Å²) in [6, 6.07) is 0. The maximum atomic E-state index is 11.1. The van der Waals surface area contributed by atoms with Crippen LogP contribution in [0.1, 0.15) is 19.5 Å². The van der Waals surface area contributed by atoms with Gasteiger partial charge in [0.25, 0.3) is 5.91 Å². The number of amides is 1. The Balaban J connectivity index is 2.57. The fourth-order valence-corrected chi connectivity index (χ4v) is 1.40. The third kappa shape index (κ3) is 1.24. The Hall–Kier alpha value is -1.85. The predicted molar refractivity (Wildman–Crippen MR) is 52.0 cm³/mol. The van der Waals surface area contributed by atoms with Crippen molar-refractivity contribution in [1.82, 2.24) is 9.97 Å². The molecule has 1 amide bonds. The van der Waals surface area contributed by atoms with Crippen molar-refractivity contribution in [2.75, 3.05) is 5.32 Å². The largest absolute Gasteiger partial charge is 0.364 e. The minimum Gasteiger partial charge on any atom is -0.364 e. The topological polar surface area (TPSA) is 96.2 Å². The zero-order valence-electron chi connectivity index (χ0n) is 7.96. The van der Waals surface area contributed by atoms with Crippen LogP contribution >= 0.6 is 0 Å². The van der Waals surface area contributed by atoms with Crippen LogP contribution in [0.15, 0.2) is 11.3 Å². The molecule has 0 spiro atoms. The molecule has 1 aromatic rings. The van der Waals surface area contributed by atoms with Crippen LogP contribution < -0.4 is 11.1 Å². The van der Waals surface area contributed by atoms with E-state index in [1.54, 1.807) is 0 Å². The Morgan fingerprint density at radius 3 is 2.93 bits per heavy atom. The number of primary amides is 1. The molecule has 0 bridgehead atoms. The number of rotatable bonds is 1. The van der Waals surface area contributed by atoms with E-state index in [9.17, 15) is 4.79 Å². The number of hydrogen-bond donors (Lipinski definition) is 3. The standard InChI is InChI=1S/C8H11N5O/c1-8(2)12-4(6(9)14)5-7(13-8)11-3-10-5/h3,13H,1-2H3,(H2,9,14)(H,10,11). The average molecular weight is 193 g/mol. The Labute approximate surface area is 80.6 Å². The van der Waals surface area contributed by atoms with Gasteiger partial charge in [-0.25, -0.2) is 4.98 Å². The van der Waals surface area contributed by atoms with Gasteiger partial charge in [-0.1, -0.05) is 0 Å². The molecule has 0 aromatic carbocycles. The lowest BCUT2D eigenvalue weighted by Gasteiger charge is -2.27. The summed E-state index contributed by atoms with van der Waals surface area (Å²) in [4.78, 5) is 22.2. The van der Waals surface area contributed by atoms with Gasteiger partial charge < -0.3 is 16.0 Å². The molecular formula is C8H11N5O. The monoisotopic (exact) mass is 193 g/mol. The highest BCUT2D eigenvalue weighted by Gasteiger charge is 2.29. The number of nitrogens with zero attached hydrogens (tertiary/aromatic N) is 2. The number of carbonyl (C=O) groups is 1. The summed E-state index contributed by atoms with van der Waals surface area (Å²) in [6.07, 6.45) is 1.50. The van der Waals surface area contributed by atoms with Gasteiger partial charge >= 0.3 is 0 Å². The zero-order chi connectivity index (χ0) is 10.3. The summed E-state index contributed by atoms with van der Waals surface area (Å²) in [5.41, 5.74) is 5.46. The molecule has 1 aromatic heterocycles. The van der Waals surface area contributed by atoms with Crippen LogP contribution in [0.4, 0.5) is 5.82 Å². The third-order valence-corrected chi connectivity index (χ3v) is 1.93. The minimum atomic E-state index is -0.551. The molecule has 6 nitrogen and oxygen atoms in total. The fraction of sp³-hybridized carbons (Fsp3) is 0.375. The number of hydrogen-bond acceptors (Lipinski definition) is 4. The lowest BCUT2D eigenvalue weighted by Crippen LogP contribution is -2.39. The molecular weight excluding hydrogens is 182 g/mol. The van der Waals surface area contributed by atoms with Crippen molar-refractivity contribution in [1.29, 1.82) is 0 Å². The number of fused-ring (bicyclic) bond motifs is 1. The van der Waals surface area contributed by atoms with E-state index in [2.05, 4.69) is 20.3 Å². The van der Waals surface area contributed by atoms with E-state index in [1.165, 1.54) is 6.33 Å². The van der Waals surface area contributed by atoms with Gasteiger partial charge in [-0.05, 0) is 13.8 Å². The van der Waals surface area contributed by atoms with E-state index in [-0.39, 0.29) is 5.71 Å². The summed E-state index contributed by atoms with van der Waals surface area (Å²) in [7, 11) is 0. The van der Waals surface area contributed by atoms with Crippen LogP contribution in [0.25, 0.3) is 0 Å². The molecule has 0 fully saturated rings. The van der Waals surface area contributed by atoms with Gasteiger partial charge in [0.05, 0.1) is 6.33 Å². The lowest BCUT2D eigenvalue weighted by atomic mass is 10.1. The first kappa shape index (κ1) is 8.74. The van der Waals surface area contributed by atoms with Crippen LogP contribution in [0.2, 0.25) is 0 Å². The first-order valence-corrected chi connectivity index (χ1v) is 4.21. The molecule has 6 heteroatoms. The van der Waals surface area contributed by atoms with E-state index < -0.39 is 11.6 Å². The van der Waals surface area contributed by atoms with Crippen LogP contribution in [-0.4, -0.2) is 27.2 Å². The first-order valence-electron chi connectivity index (χ1n) is 4.21. The van der Waals surface area contributed by atoms with E-state index >= 15 is 0 Å². The van der Waals surface area contributed by atoms with Crippen molar-refractivity contribution in [2.45, 2.75) is 19.5 Å². The van der Waals surface area contributed by atoms with Crippen molar-refractivity contribution in [3.05, 3.63) is 12.0 Å². The number of aromatic nitrogens is 2. The summed E-state index contributed by atoms with van der Waals surface area (Å²) >= 11 is 0. The molecule has 0 saturated heterocycles. The van der Waals surface area contributed by atoms with Gasteiger partial charge in [-0.2, -0.15) is 0 Å². The van der Waals surface area contributed by atoms with Crippen molar-refractivity contribution < 1.29 is 4.79 Å². The second-order valence-corrected chi connectivity index (χ2v) is 3.63. The highest BCUT2D eigenvalue weighted by molar-refractivity contribution is 6.45. The number of aromatic amines is 1. The zero-order valence-corrected chi connectivity index (χ0v) is 7.96. The van der Waals surface area contributed by atoms with Crippen LogP contribution in [0, 0.1) is 0 Å². The van der Waals surface area contributed by atoms with Gasteiger partial charge in [0.2, 0.25) is 0 Å². The Morgan fingerprint density at radius 1 is 1.57 bits per heavy atom. The number of aliphatic imine (C=N–C) groups is 1. The summed E-state index contributed by atoms with van der Waals surface area (Å²) in [5, 5.41) is 3.06. The molecule has 74 valence electrons. The smallest absolute Gasteiger partial charge is 0.269 e. The number of anilines is 1. The maximum absolute atomic E-state index is 11.1. The summed E-state index contributed by atoms with van der Waals surface area (Å²) in [6.45, 7) is 3.68. The minimum absolute atomic E-state index is 0.237. The SMILES string of the molecule is CC1(C)N=C(C(N)=O)c2[nH]cnc2N1. The Morgan fingerprint density at radius 2 is 2.29 bits per heavy atom. The van der Waals surface area contributed by atoms with Crippen LogP contribution in [-0.2, 0) is 4.79 Å². The molecule has 0 atom stereocenters. The molecule has 0 aliphatic carbocycles. The summed E-state index contributed by atoms with van der Waals surface area (Å²) in [5.74, 6) is 0.0591. The van der Waals surface area contributed by atoms with Crippen molar-refractivity contribution >= 4 is 17.4 Å². The van der Waals surface area contributed by atoms with Crippen molar-refractivity contribution in [2.24, 2.45) is 10.7 Å². The van der Waals surface area contributed by atoms with E-state index in [4.69, 9.17) is 5.73 Å². The van der Waals surface area contributed by atoms with E-state index in [0.29, 0.717) is 11.5 Å². The summed E-state index contributed by atoms with van der Waals surface area (Å²) < 4.78 is 0. The lowest BCUT2D eigenvalue weighted by molar-refractivity contribution is -0.112. The quantitative estimate of drug-likeness (QED) is 0.578. The Kier molecular flexibility index (Phi) is 1.60. The number of nitrogens with one attached hydrogen (secondary N) is 2. The third-order valence-electron chi connectivity index (χ3n) is 1.93. The van der Waals surface area contributed by atoms with E-state index in [0.717, 1.165) is 0 Å². The van der Waals surface area contributed by atoms with Gasteiger partial charge in [0.1, 0.15) is 11.4 Å². The molecule has 2 rings (SSSR count). The highest BCUT2D eigenvalue weighted by Crippen LogP contribution is 2.24. The number of carbonyl (C=O) groups excluding carboxylic acids is 1. The molecule has 4 N–H and O–H groups in total. The molecule has 0 saturated carbocycles. The normalized spacial score (nSPS) is 18.0.